The molecular formula is C8H14N2O5. The molecule has 0 aliphatic heterocycles. The molecule has 7 heteroatoms. The van der Waals surface area contributed by atoms with E-state index < -0.39 is 29.9 Å². The van der Waals surface area contributed by atoms with Gasteiger partial charge in [-0.25, -0.2) is 0 Å². The zero-order chi connectivity index (χ0) is 12.0. The van der Waals surface area contributed by atoms with Crippen molar-refractivity contribution in [3.8, 4) is 0 Å². The van der Waals surface area contributed by atoms with E-state index in [9.17, 15) is 14.4 Å². The summed E-state index contributed by atoms with van der Waals surface area (Å²) in [6, 6.07) is -2.09. The zero-order valence-electron chi connectivity index (χ0n) is 8.27. The SMILES string of the molecule is C[C@H](NC(=O)CC[C@@H](N)C(=O)O)C(=O)O. The first-order valence-corrected chi connectivity index (χ1v) is 4.35. The van der Waals surface area contributed by atoms with Crippen LogP contribution in [0.15, 0.2) is 0 Å². The van der Waals surface area contributed by atoms with Crippen LogP contribution in [-0.2, 0) is 14.4 Å². The number of carbonyl (C=O) groups excluding carboxylic acids is 1. The Balaban J connectivity index is 3.85. The molecule has 0 unspecified atom stereocenters. The molecule has 0 aliphatic rings. The summed E-state index contributed by atoms with van der Waals surface area (Å²) in [6.45, 7) is 1.32. The first-order chi connectivity index (χ1) is 6.84. The van der Waals surface area contributed by atoms with Gasteiger partial charge in [0.15, 0.2) is 0 Å². The van der Waals surface area contributed by atoms with Crippen molar-refractivity contribution in [3.63, 3.8) is 0 Å². The summed E-state index contributed by atoms with van der Waals surface area (Å²) in [5.41, 5.74) is 5.16. The summed E-state index contributed by atoms with van der Waals surface area (Å²) in [6.07, 6.45) is -0.126. The maximum atomic E-state index is 11.1. The third-order valence-electron chi connectivity index (χ3n) is 1.75. The fourth-order valence-electron chi connectivity index (χ4n) is 0.785. The average Bonchev–Trinajstić information content (AvgIpc) is 2.13. The van der Waals surface area contributed by atoms with Gasteiger partial charge >= 0.3 is 11.9 Å². The van der Waals surface area contributed by atoms with E-state index in [1.165, 1.54) is 6.92 Å². The maximum absolute atomic E-state index is 11.1. The summed E-state index contributed by atoms with van der Waals surface area (Å²) in [5.74, 6) is -2.86. The second kappa shape index (κ2) is 5.97. The zero-order valence-corrected chi connectivity index (χ0v) is 8.27. The molecule has 86 valence electrons. The van der Waals surface area contributed by atoms with Gasteiger partial charge < -0.3 is 21.3 Å². The van der Waals surface area contributed by atoms with Crippen molar-refractivity contribution in [3.05, 3.63) is 0 Å². The van der Waals surface area contributed by atoms with Crippen LogP contribution in [0.3, 0.4) is 0 Å². The maximum Gasteiger partial charge on any atom is 0.325 e. The molecule has 0 aliphatic carbocycles. The minimum Gasteiger partial charge on any atom is -0.480 e. The topological polar surface area (TPSA) is 130 Å². The Morgan fingerprint density at radius 2 is 1.80 bits per heavy atom. The van der Waals surface area contributed by atoms with Gasteiger partial charge in [0.2, 0.25) is 5.91 Å². The Kier molecular flexibility index (Phi) is 5.32. The molecule has 0 aromatic heterocycles. The molecule has 0 aromatic carbocycles. The molecule has 15 heavy (non-hydrogen) atoms. The van der Waals surface area contributed by atoms with E-state index in [0.29, 0.717) is 0 Å². The number of amides is 1. The lowest BCUT2D eigenvalue weighted by molar-refractivity contribution is -0.142. The van der Waals surface area contributed by atoms with Crippen LogP contribution in [0.5, 0.6) is 0 Å². The smallest absolute Gasteiger partial charge is 0.325 e. The Labute approximate surface area is 86.3 Å². The van der Waals surface area contributed by atoms with E-state index in [4.69, 9.17) is 15.9 Å². The minimum absolute atomic E-state index is 0.0203. The van der Waals surface area contributed by atoms with Crippen molar-refractivity contribution < 1.29 is 24.6 Å². The molecule has 7 nitrogen and oxygen atoms in total. The Morgan fingerprint density at radius 1 is 1.27 bits per heavy atom. The van der Waals surface area contributed by atoms with Gasteiger partial charge in [0.1, 0.15) is 12.1 Å². The van der Waals surface area contributed by atoms with Crippen molar-refractivity contribution in [2.24, 2.45) is 5.73 Å². The molecule has 5 N–H and O–H groups in total. The fraction of sp³-hybridized carbons (Fsp3) is 0.625. The van der Waals surface area contributed by atoms with Gasteiger partial charge in [-0.3, -0.25) is 14.4 Å². The monoisotopic (exact) mass is 218 g/mol. The van der Waals surface area contributed by atoms with Crippen molar-refractivity contribution in [2.75, 3.05) is 0 Å². The minimum atomic E-state index is -1.19. The number of nitrogens with one attached hydrogen (secondary N) is 1. The van der Waals surface area contributed by atoms with Crippen LogP contribution in [-0.4, -0.2) is 40.1 Å². The highest BCUT2D eigenvalue weighted by atomic mass is 16.4. The van der Waals surface area contributed by atoms with Gasteiger partial charge in [-0.05, 0) is 13.3 Å². The highest BCUT2D eigenvalue weighted by Crippen LogP contribution is 1.95. The van der Waals surface area contributed by atoms with Crippen LogP contribution < -0.4 is 11.1 Å². The molecule has 0 bridgehead atoms. The number of carbonyl (C=O) groups is 3. The van der Waals surface area contributed by atoms with Crippen LogP contribution in [0.4, 0.5) is 0 Å². The second-order valence-electron chi connectivity index (χ2n) is 3.11. The lowest BCUT2D eigenvalue weighted by atomic mass is 10.1. The van der Waals surface area contributed by atoms with Crippen LogP contribution in [0.1, 0.15) is 19.8 Å². The molecule has 1 amide bonds. The standard InChI is InChI=1S/C8H14N2O5/c1-4(7(12)13)10-6(11)3-2-5(9)8(14)15/h4-5H,2-3,9H2,1H3,(H,10,11)(H,12,13)(H,14,15)/t4-,5+/m0/s1. The molecule has 0 heterocycles. The summed E-state index contributed by atoms with van der Waals surface area (Å²) < 4.78 is 0. The number of carboxylic acids is 2. The third-order valence-corrected chi connectivity index (χ3v) is 1.75. The molecule has 0 aromatic rings. The molecule has 0 saturated carbocycles. The summed E-state index contributed by atoms with van der Waals surface area (Å²) >= 11 is 0. The Morgan fingerprint density at radius 3 is 2.20 bits per heavy atom. The van der Waals surface area contributed by atoms with Crippen LogP contribution >= 0.6 is 0 Å². The number of carboxylic acid groups (broad SMARTS) is 2. The third kappa shape index (κ3) is 5.63. The van der Waals surface area contributed by atoms with Crippen LogP contribution in [0.25, 0.3) is 0 Å². The number of nitrogens with two attached hydrogens (primary N) is 1. The van der Waals surface area contributed by atoms with Gasteiger partial charge in [0.05, 0.1) is 0 Å². The normalized spacial score (nSPS) is 14.0. The molecule has 2 atom stereocenters. The van der Waals surface area contributed by atoms with Crippen LogP contribution in [0.2, 0.25) is 0 Å². The van der Waals surface area contributed by atoms with E-state index in [1.807, 2.05) is 0 Å². The van der Waals surface area contributed by atoms with Gasteiger partial charge in [-0.15, -0.1) is 0 Å². The fourth-order valence-corrected chi connectivity index (χ4v) is 0.785. The Hall–Kier alpha value is -1.63. The summed E-state index contributed by atoms with van der Waals surface area (Å²) in [4.78, 5) is 31.7. The van der Waals surface area contributed by atoms with E-state index in [2.05, 4.69) is 5.32 Å². The predicted molar refractivity (Wildman–Crippen MR) is 50.1 cm³/mol. The lowest BCUT2D eigenvalue weighted by Crippen LogP contribution is -2.39. The largest absolute Gasteiger partial charge is 0.480 e. The summed E-state index contributed by atoms with van der Waals surface area (Å²) in [7, 11) is 0. The number of hydrogen-bond acceptors (Lipinski definition) is 4. The molecular weight excluding hydrogens is 204 g/mol. The van der Waals surface area contributed by atoms with Crippen molar-refractivity contribution in [1.82, 2.24) is 5.32 Å². The second-order valence-corrected chi connectivity index (χ2v) is 3.11. The van der Waals surface area contributed by atoms with Gasteiger partial charge in [-0.1, -0.05) is 0 Å². The molecule has 0 saturated heterocycles. The predicted octanol–water partition coefficient (Wildman–Crippen LogP) is -1.23. The van der Waals surface area contributed by atoms with E-state index in [-0.39, 0.29) is 12.8 Å². The number of hydrogen-bond donors (Lipinski definition) is 4. The van der Waals surface area contributed by atoms with E-state index in [0.717, 1.165) is 0 Å². The number of aliphatic carboxylic acids is 2. The van der Waals surface area contributed by atoms with Crippen molar-refractivity contribution >= 4 is 17.8 Å². The van der Waals surface area contributed by atoms with E-state index in [1.54, 1.807) is 0 Å². The first-order valence-electron chi connectivity index (χ1n) is 4.35. The van der Waals surface area contributed by atoms with E-state index >= 15 is 0 Å². The molecule has 0 fully saturated rings. The average molecular weight is 218 g/mol. The quantitative estimate of drug-likeness (QED) is 0.441. The van der Waals surface area contributed by atoms with Crippen molar-refractivity contribution in [2.45, 2.75) is 31.8 Å². The Bertz CT molecular complexity index is 266. The van der Waals surface area contributed by atoms with Crippen LogP contribution in [0, 0.1) is 0 Å². The highest BCUT2D eigenvalue weighted by molar-refractivity contribution is 5.83. The highest BCUT2D eigenvalue weighted by Gasteiger charge is 2.16. The lowest BCUT2D eigenvalue weighted by Gasteiger charge is -2.10. The first kappa shape index (κ1) is 13.4. The molecule has 0 rings (SSSR count). The van der Waals surface area contributed by atoms with Crippen molar-refractivity contribution in [1.29, 1.82) is 0 Å². The molecule has 0 radical (unpaired) electrons. The summed E-state index contributed by atoms with van der Waals surface area (Å²) in [5, 5.41) is 19.1. The van der Waals surface area contributed by atoms with Gasteiger partial charge in [0.25, 0.3) is 0 Å². The molecule has 0 spiro atoms. The van der Waals surface area contributed by atoms with Gasteiger partial charge in [-0.2, -0.15) is 0 Å². The number of rotatable bonds is 6. The van der Waals surface area contributed by atoms with Gasteiger partial charge in [0, 0.05) is 6.42 Å².